The Bertz CT molecular complexity index is 1030. The molecule has 1 saturated carbocycles. The van der Waals surface area contributed by atoms with Gasteiger partial charge in [0.2, 0.25) is 0 Å². The zero-order valence-corrected chi connectivity index (χ0v) is 15.9. The molecule has 148 valence electrons. The number of nitrogens with one attached hydrogen (secondary N) is 2. The third-order valence-electron chi connectivity index (χ3n) is 4.80. The zero-order chi connectivity index (χ0) is 20.2. The van der Waals surface area contributed by atoms with Crippen molar-refractivity contribution in [3.63, 3.8) is 0 Å². The Morgan fingerprint density at radius 2 is 2.07 bits per heavy atom. The van der Waals surface area contributed by atoms with Gasteiger partial charge in [0, 0.05) is 12.1 Å². The summed E-state index contributed by atoms with van der Waals surface area (Å²) in [4.78, 5) is 8.13. The first-order chi connectivity index (χ1) is 14.2. The molecule has 1 aliphatic rings. The van der Waals surface area contributed by atoms with Crippen LogP contribution in [0.3, 0.4) is 0 Å². The second kappa shape index (κ2) is 8.16. The fraction of sp³-hybridized carbons (Fsp3) is 0.300. The molecule has 29 heavy (non-hydrogen) atoms. The maximum absolute atomic E-state index is 8.82. The lowest BCUT2D eigenvalue weighted by atomic mass is 10.1. The van der Waals surface area contributed by atoms with Gasteiger partial charge in [0.05, 0.1) is 30.8 Å². The van der Waals surface area contributed by atoms with Crippen LogP contribution in [0.5, 0.6) is 11.5 Å². The van der Waals surface area contributed by atoms with Crippen molar-refractivity contribution < 1.29 is 9.47 Å². The van der Waals surface area contributed by atoms with Gasteiger partial charge in [-0.2, -0.15) is 10.4 Å². The third kappa shape index (κ3) is 4.12. The SMILES string of the molecule is COc1cccc(O[C@H]2CC[C@H](N)C2)c1-c1cc(Nc2cnc(C#N)cn2)n[nH]1. The summed E-state index contributed by atoms with van der Waals surface area (Å²) in [6.45, 7) is 0. The molecule has 2 atom stereocenters. The van der Waals surface area contributed by atoms with Gasteiger partial charge in [0.1, 0.15) is 29.5 Å². The molecular weight excluding hydrogens is 370 g/mol. The minimum absolute atomic E-state index is 0.0882. The lowest BCUT2D eigenvalue weighted by Gasteiger charge is -2.18. The molecule has 0 radical (unpaired) electrons. The molecule has 1 fully saturated rings. The summed E-state index contributed by atoms with van der Waals surface area (Å²) in [5.74, 6) is 2.44. The van der Waals surface area contributed by atoms with Gasteiger partial charge in [-0.3, -0.25) is 5.10 Å². The van der Waals surface area contributed by atoms with Crippen molar-refractivity contribution in [2.45, 2.75) is 31.4 Å². The van der Waals surface area contributed by atoms with Gasteiger partial charge in [-0.15, -0.1) is 0 Å². The molecule has 0 unspecified atom stereocenters. The molecule has 4 N–H and O–H groups in total. The Morgan fingerprint density at radius 1 is 1.21 bits per heavy atom. The van der Waals surface area contributed by atoms with E-state index in [1.54, 1.807) is 7.11 Å². The number of nitrogens with zero attached hydrogens (tertiary/aromatic N) is 4. The fourth-order valence-corrected chi connectivity index (χ4v) is 3.40. The molecule has 1 aliphatic carbocycles. The number of H-pyrrole nitrogens is 1. The van der Waals surface area contributed by atoms with Crippen molar-refractivity contribution in [2.75, 3.05) is 12.4 Å². The number of aromatic amines is 1. The van der Waals surface area contributed by atoms with Gasteiger partial charge in [-0.05, 0) is 31.4 Å². The lowest BCUT2D eigenvalue weighted by Crippen LogP contribution is -2.19. The molecule has 4 rings (SSSR count). The van der Waals surface area contributed by atoms with Crippen molar-refractivity contribution in [2.24, 2.45) is 5.73 Å². The van der Waals surface area contributed by atoms with Gasteiger partial charge in [-0.25, -0.2) is 9.97 Å². The zero-order valence-electron chi connectivity index (χ0n) is 15.9. The van der Waals surface area contributed by atoms with Crippen LogP contribution in [0.2, 0.25) is 0 Å². The van der Waals surface area contributed by atoms with Crippen LogP contribution in [0, 0.1) is 11.3 Å². The van der Waals surface area contributed by atoms with Crippen molar-refractivity contribution in [1.82, 2.24) is 20.2 Å². The molecule has 0 amide bonds. The minimum Gasteiger partial charge on any atom is -0.496 e. The molecule has 9 heteroatoms. The predicted molar refractivity (Wildman–Crippen MR) is 107 cm³/mol. The second-order valence-electron chi connectivity index (χ2n) is 6.84. The Labute approximate surface area is 167 Å². The number of ether oxygens (including phenoxy) is 2. The van der Waals surface area contributed by atoms with E-state index in [0.717, 1.165) is 36.3 Å². The van der Waals surface area contributed by atoms with Crippen molar-refractivity contribution in [3.05, 3.63) is 42.4 Å². The minimum atomic E-state index is 0.0882. The summed E-state index contributed by atoms with van der Waals surface area (Å²) in [6, 6.07) is 9.65. The molecule has 0 spiro atoms. The molecule has 0 bridgehead atoms. The Hall–Kier alpha value is -3.64. The summed E-state index contributed by atoms with van der Waals surface area (Å²) in [5.41, 5.74) is 7.80. The quantitative estimate of drug-likeness (QED) is 0.584. The standard InChI is InChI=1S/C20H21N7O2/c1-28-16-3-2-4-17(29-14-6-5-12(22)7-14)20(16)15-8-18(27-26-15)25-19-11-23-13(9-21)10-24-19/h2-4,8,10-12,14H,5-7,22H2,1H3,(H2,24,25,26,27)/t12-,14-/m0/s1. The number of methoxy groups -OCH3 is 1. The highest BCUT2D eigenvalue weighted by molar-refractivity contribution is 5.76. The number of rotatable bonds is 6. The topological polar surface area (TPSA) is 135 Å². The number of nitriles is 1. The van der Waals surface area contributed by atoms with Gasteiger partial charge in [0.15, 0.2) is 11.5 Å². The van der Waals surface area contributed by atoms with Crippen LogP contribution in [-0.2, 0) is 0 Å². The van der Waals surface area contributed by atoms with E-state index >= 15 is 0 Å². The molecule has 0 aliphatic heterocycles. The smallest absolute Gasteiger partial charge is 0.158 e. The van der Waals surface area contributed by atoms with E-state index in [4.69, 9.17) is 20.5 Å². The highest BCUT2D eigenvalue weighted by atomic mass is 16.5. The Kier molecular flexibility index (Phi) is 5.27. The molecular formula is C20H21N7O2. The first kappa shape index (κ1) is 18.7. The molecule has 3 aromatic rings. The monoisotopic (exact) mass is 391 g/mol. The number of anilines is 2. The van der Waals surface area contributed by atoms with Crippen molar-refractivity contribution in [1.29, 1.82) is 5.26 Å². The van der Waals surface area contributed by atoms with E-state index in [9.17, 15) is 0 Å². The van der Waals surface area contributed by atoms with Crippen LogP contribution in [0.25, 0.3) is 11.3 Å². The highest BCUT2D eigenvalue weighted by Gasteiger charge is 2.25. The van der Waals surface area contributed by atoms with Crippen LogP contribution in [0.1, 0.15) is 25.0 Å². The fourth-order valence-electron chi connectivity index (χ4n) is 3.40. The third-order valence-corrected chi connectivity index (χ3v) is 4.80. The lowest BCUT2D eigenvalue weighted by molar-refractivity contribution is 0.208. The summed E-state index contributed by atoms with van der Waals surface area (Å²) in [7, 11) is 1.62. The van der Waals surface area contributed by atoms with Crippen molar-refractivity contribution in [3.8, 4) is 28.8 Å². The molecule has 2 heterocycles. The largest absolute Gasteiger partial charge is 0.496 e. The normalized spacial score (nSPS) is 18.2. The summed E-state index contributed by atoms with van der Waals surface area (Å²) >= 11 is 0. The van der Waals surface area contributed by atoms with E-state index in [1.807, 2.05) is 30.3 Å². The van der Waals surface area contributed by atoms with Gasteiger partial charge >= 0.3 is 0 Å². The van der Waals surface area contributed by atoms with Crippen molar-refractivity contribution >= 4 is 11.6 Å². The highest BCUT2D eigenvalue weighted by Crippen LogP contribution is 2.39. The maximum Gasteiger partial charge on any atom is 0.158 e. The molecule has 2 aromatic heterocycles. The van der Waals surface area contributed by atoms with Crippen LogP contribution >= 0.6 is 0 Å². The number of nitrogens with two attached hydrogens (primary N) is 1. The average Bonchev–Trinajstić information content (AvgIpc) is 3.37. The number of hydrogen-bond acceptors (Lipinski definition) is 8. The van der Waals surface area contributed by atoms with E-state index in [1.165, 1.54) is 12.4 Å². The Morgan fingerprint density at radius 3 is 2.76 bits per heavy atom. The predicted octanol–water partition coefficient (Wildman–Crippen LogP) is 2.75. The molecule has 1 aromatic carbocycles. The molecule has 0 saturated heterocycles. The van der Waals surface area contributed by atoms with Crippen LogP contribution in [0.15, 0.2) is 36.7 Å². The average molecular weight is 391 g/mol. The second-order valence-corrected chi connectivity index (χ2v) is 6.84. The first-order valence-electron chi connectivity index (χ1n) is 9.30. The van der Waals surface area contributed by atoms with Gasteiger partial charge < -0.3 is 20.5 Å². The Balaban J connectivity index is 1.59. The summed E-state index contributed by atoms with van der Waals surface area (Å²) in [6.07, 6.45) is 5.70. The van der Waals surface area contributed by atoms with Crippen LogP contribution in [-0.4, -0.2) is 39.4 Å². The van der Waals surface area contributed by atoms with E-state index < -0.39 is 0 Å². The summed E-state index contributed by atoms with van der Waals surface area (Å²) in [5, 5.41) is 19.2. The van der Waals surface area contributed by atoms with Crippen LogP contribution < -0.4 is 20.5 Å². The number of aromatic nitrogens is 4. The van der Waals surface area contributed by atoms with Gasteiger partial charge in [-0.1, -0.05) is 6.07 Å². The maximum atomic E-state index is 8.82. The molecule has 9 nitrogen and oxygen atoms in total. The number of hydrogen-bond donors (Lipinski definition) is 3. The van der Waals surface area contributed by atoms with E-state index in [0.29, 0.717) is 17.4 Å². The first-order valence-corrected chi connectivity index (χ1v) is 9.30. The number of benzene rings is 1. The summed E-state index contributed by atoms with van der Waals surface area (Å²) < 4.78 is 11.8. The van der Waals surface area contributed by atoms with Crippen LogP contribution in [0.4, 0.5) is 11.6 Å². The van der Waals surface area contributed by atoms with E-state index in [2.05, 4.69) is 25.5 Å². The van der Waals surface area contributed by atoms with Gasteiger partial charge in [0.25, 0.3) is 0 Å². The van der Waals surface area contributed by atoms with E-state index in [-0.39, 0.29) is 17.8 Å².